The number of anilines is 4. The third kappa shape index (κ3) is 4.59. The Balaban J connectivity index is 1.81. The van der Waals surface area contributed by atoms with Crippen molar-refractivity contribution in [3.05, 3.63) is 65.3 Å². The average Bonchev–Trinajstić information content (AvgIpc) is 2.59. The molecule has 1 aromatic heterocycles. The average molecular weight is 357 g/mol. The predicted molar refractivity (Wildman–Crippen MR) is 98.9 cm³/mol. The van der Waals surface area contributed by atoms with E-state index in [1.807, 2.05) is 24.3 Å². The van der Waals surface area contributed by atoms with Crippen LogP contribution in [0.4, 0.5) is 23.1 Å². The molecule has 0 amide bonds. The van der Waals surface area contributed by atoms with Gasteiger partial charge in [0.15, 0.2) is 5.82 Å². The monoisotopic (exact) mass is 356 g/mol. The van der Waals surface area contributed by atoms with E-state index in [1.165, 1.54) is 6.20 Å². The molecule has 7 heteroatoms. The van der Waals surface area contributed by atoms with Gasteiger partial charge in [0.25, 0.3) is 0 Å². The molecule has 4 N–H and O–H groups in total. The molecule has 6 nitrogen and oxygen atoms in total. The Labute approximate surface area is 150 Å². The van der Waals surface area contributed by atoms with Crippen LogP contribution in [0, 0.1) is 0 Å². The fraction of sp³-hybridized carbons (Fsp3) is 0.111. The molecule has 0 fully saturated rings. The minimum absolute atomic E-state index is 0.0930. The van der Waals surface area contributed by atoms with Gasteiger partial charge in [-0.2, -0.15) is 4.98 Å². The summed E-state index contributed by atoms with van der Waals surface area (Å²) >= 11 is 6.18. The van der Waals surface area contributed by atoms with E-state index in [1.54, 1.807) is 24.3 Å². The van der Waals surface area contributed by atoms with E-state index in [-0.39, 0.29) is 12.4 Å². The Morgan fingerprint density at radius 2 is 1.76 bits per heavy atom. The minimum Gasteiger partial charge on any atom is -0.508 e. The molecule has 1 heterocycles. The van der Waals surface area contributed by atoms with Crippen molar-refractivity contribution in [2.45, 2.75) is 6.42 Å². The van der Waals surface area contributed by atoms with Gasteiger partial charge in [-0.05, 0) is 36.2 Å². The van der Waals surface area contributed by atoms with Crippen molar-refractivity contribution >= 4 is 34.7 Å². The highest BCUT2D eigenvalue weighted by Crippen LogP contribution is 2.26. The summed E-state index contributed by atoms with van der Waals surface area (Å²) in [5.74, 6) is 0.961. The van der Waals surface area contributed by atoms with Crippen LogP contribution in [0.25, 0.3) is 0 Å². The summed E-state index contributed by atoms with van der Waals surface area (Å²) in [7, 11) is 0. The molecule has 0 saturated heterocycles. The van der Waals surface area contributed by atoms with Crippen LogP contribution in [-0.4, -0.2) is 26.8 Å². The summed E-state index contributed by atoms with van der Waals surface area (Å²) in [5.41, 5.74) is 2.49. The molecule has 0 aliphatic heterocycles. The molecular formula is C18H17ClN4O2. The van der Waals surface area contributed by atoms with Gasteiger partial charge in [0.05, 0.1) is 6.20 Å². The molecule has 128 valence electrons. The maximum absolute atomic E-state index is 9.52. The second-order valence-corrected chi connectivity index (χ2v) is 5.77. The van der Waals surface area contributed by atoms with Crippen LogP contribution in [0.1, 0.15) is 5.56 Å². The molecule has 0 spiro atoms. The maximum atomic E-state index is 9.52. The van der Waals surface area contributed by atoms with Gasteiger partial charge >= 0.3 is 0 Å². The SMILES string of the molecule is OCCc1cccc(Nc2nc(Nc3cccc(O)c3)ncc2Cl)c1. The van der Waals surface area contributed by atoms with E-state index in [9.17, 15) is 5.11 Å². The number of hydrogen-bond acceptors (Lipinski definition) is 6. The highest BCUT2D eigenvalue weighted by Gasteiger charge is 2.07. The zero-order valence-corrected chi connectivity index (χ0v) is 14.0. The number of halogens is 1. The lowest BCUT2D eigenvalue weighted by Gasteiger charge is -2.11. The van der Waals surface area contributed by atoms with Crippen LogP contribution in [-0.2, 0) is 6.42 Å². The lowest BCUT2D eigenvalue weighted by molar-refractivity contribution is 0.299. The van der Waals surface area contributed by atoms with Crippen LogP contribution in [0.2, 0.25) is 5.02 Å². The first kappa shape index (κ1) is 17.0. The Morgan fingerprint density at radius 3 is 2.52 bits per heavy atom. The van der Waals surface area contributed by atoms with Crippen molar-refractivity contribution < 1.29 is 10.2 Å². The van der Waals surface area contributed by atoms with Gasteiger partial charge in [0.1, 0.15) is 10.8 Å². The minimum atomic E-state index is 0.0930. The highest BCUT2D eigenvalue weighted by molar-refractivity contribution is 6.32. The fourth-order valence-corrected chi connectivity index (χ4v) is 2.44. The molecule has 0 aliphatic rings. The van der Waals surface area contributed by atoms with Crippen molar-refractivity contribution in [3.8, 4) is 5.75 Å². The molecule has 0 radical (unpaired) electrons. The topological polar surface area (TPSA) is 90.3 Å². The summed E-state index contributed by atoms with van der Waals surface area (Å²) in [6.07, 6.45) is 2.08. The molecule has 2 aromatic carbocycles. The lowest BCUT2D eigenvalue weighted by Crippen LogP contribution is -2.02. The molecule has 0 unspecified atom stereocenters. The van der Waals surface area contributed by atoms with Crippen LogP contribution >= 0.6 is 11.6 Å². The molecule has 0 aliphatic carbocycles. The molecule has 0 bridgehead atoms. The number of aliphatic hydroxyl groups is 1. The predicted octanol–water partition coefficient (Wildman–Crippen LogP) is 3.86. The quantitative estimate of drug-likeness (QED) is 0.536. The second-order valence-electron chi connectivity index (χ2n) is 5.36. The number of hydrogen-bond donors (Lipinski definition) is 4. The third-order valence-electron chi connectivity index (χ3n) is 3.44. The van der Waals surface area contributed by atoms with Crippen molar-refractivity contribution in [3.63, 3.8) is 0 Å². The number of rotatable bonds is 6. The van der Waals surface area contributed by atoms with E-state index in [4.69, 9.17) is 16.7 Å². The molecule has 0 saturated carbocycles. The van der Waals surface area contributed by atoms with Gasteiger partial charge in [0, 0.05) is 24.0 Å². The van der Waals surface area contributed by atoms with Crippen molar-refractivity contribution in [1.29, 1.82) is 0 Å². The number of aromatic nitrogens is 2. The molecule has 0 atom stereocenters. The zero-order chi connectivity index (χ0) is 17.6. The van der Waals surface area contributed by atoms with Gasteiger partial charge in [-0.1, -0.05) is 29.8 Å². The van der Waals surface area contributed by atoms with Gasteiger partial charge in [-0.3, -0.25) is 0 Å². The number of phenols is 1. The second kappa shape index (κ2) is 7.83. The number of aliphatic hydroxyl groups excluding tert-OH is 1. The number of nitrogens with zero attached hydrogens (tertiary/aromatic N) is 2. The number of phenolic OH excluding ortho intramolecular Hbond substituents is 1. The summed E-state index contributed by atoms with van der Waals surface area (Å²) in [5, 5.41) is 25.1. The summed E-state index contributed by atoms with van der Waals surface area (Å²) < 4.78 is 0. The third-order valence-corrected chi connectivity index (χ3v) is 3.71. The van der Waals surface area contributed by atoms with Crippen molar-refractivity contribution in [2.75, 3.05) is 17.2 Å². The normalized spacial score (nSPS) is 10.5. The van der Waals surface area contributed by atoms with Gasteiger partial charge < -0.3 is 20.8 Å². The van der Waals surface area contributed by atoms with Gasteiger partial charge in [-0.15, -0.1) is 0 Å². The van der Waals surface area contributed by atoms with E-state index in [0.29, 0.717) is 28.9 Å². The van der Waals surface area contributed by atoms with Crippen LogP contribution < -0.4 is 10.6 Å². The first-order valence-corrected chi connectivity index (χ1v) is 8.07. The van der Waals surface area contributed by atoms with Crippen LogP contribution in [0.15, 0.2) is 54.7 Å². The smallest absolute Gasteiger partial charge is 0.229 e. The van der Waals surface area contributed by atoms with Gasteiger partial charge in [0.2, 0.25) is 5.95 Å². The Morgan fingerprint density at radius 1 is 1.00 bits per heavy atom. The molecular weight excluding hydrogens is 340 g/mol. The maximum Gasteiger partial charge on any atom is 0.229 e. The fourth-order valence-electron chi connectivity index (χ4n) is 2.30. The lowest BCUT2D eigenvalue weighted by atomic mass is 10.1. The summed E-state index contributed by atoms with van der Waals surface area (Å²) in [6, 6.07) is 14.3. The summed E-state index contributed by atoms with van der Waals surface area (Å²) in [4.78, 5) is 8.52. The Kier molecular flexibility index (Phi) is 5.33. The number of aromatic hydroxyl groups is 1. The Hall–Kier alpha value is -2.83. The van der Waals surface area contributed by atoms with Crippen molar-refractivity contribution in [1.82, 2.24) is 9.97 Å². The highest BCUT2D eigenvalue weighted by atomic mass is 35.5. The first-order valence-electron chi connectivity index (χ1n) is 7.69. The van der Waals surface area contributed by atoms with Crippen molar-refractivity contribution in [2.24, 2.45) is 0 Å². The van der Waals surface area contributed by atoms with E-state index >= 15 is 0 Å². The van der Waals surface area contributed by atoms with E-state index < -0.39 is 0 Å². The largest absolute Gasteiger partial charge is 0.508 e. The molecule has 25 heavy (non-hydrogen) atoms. The summed E-state index contributed by atoms with van der Waals surface area (Å²) in [6.45, 7) is 0.0930. The van der Waals surface area contributed by atoms with Gasteiger partial charge in [-0.25, -0.2) is 4.98 Å². The van der Waals surface area contributed by atoms with E-state index in [2.05, 4.69) is 20.6 Å². The first-order chi connectivity index (χ1) is 12.1. The molecule has 3 rings (SSSR count). The Bertz CT molecular complexity index is 873. The van der Waals surface area contributed by atoms with E-state index in [0.717, 1.165) is 11.3 Å². The number of benzene rings is 2. The standard InChI is InChI=1S/C18H17ClN4O2/c19-16-11-20-18(22-14-5-2-6-15(25)10-14)23-17(16)21-13-4-1-3-12(9-13)7-8-24/h1-6,9-11,24-25H,7-8H2,(H2,20,21,22,23). The van der Waals surface area contributed by atoms with Crippen LogP contribution in [0.5, 0.6) is 5.75 Å². The zero-order valence-electron chi connectivity index (χ0n) is 13.3. The van der Waals surface area contributed by atoms with Crippen LogP contribution in [0.3, 0.4) is 0 Å². The number of nitrogens with one attached hydrogen (secondary N) is 2. The molecule has 3 aromatic rings.